The van der Waals surface area contributed by atoms with Gasteiger partial charge in [-0.2, -0.15) is 0 Å². The molecule has 0 bridgehead atoms. The van der Waals surface area contributed by atoms with Crippen molar-refractivity contribution in [1.29, 1.82) is 0 Å². The van der Waals surface area contributed by atoms with E-state index < -0.39 is 10.0 Å². The molecule has 1 aromatic rings. The van der Waals surface area contributed by atoms with Crippen LogP contribution in [0.25, 0.3) is 0 Å². The Morgan fingerprint density at radius 2 is 2.24 bits per heavy atom. The van der Waals surface area contributed by atoms with Crippen molar-refractivity contribution in [2.45, 2.75) is 24.2 Å². The van der Waals surface area contributed by atoms with Gasteiger partial charge in [-0.15, -0.1) is 0 Å². The minimum absolute atomic E-state index is 0.0325. The average molecular weight is 255 g/mol. The number of aromatic nitrogens is 1. The summed E-state index contributed by atoms with van der Waals surface area (Å²) in [6.07, 6.45) is 6.02. The zero-order chi connectivity index (χ0) is 12.4. The van der Waals surface area contributed by atoms with E-state index in [1.54, 1.807) is 12.3 Å². The molecule has 94 valence electrons. The van der Waals surface area contributed by atoms with Gasteiger partial charge in [-0.25, -0.2) is 13.1 Å². The molecule has 0 amide bonds. The van der Waals surface area contributed by atoms with E-state index in [2.05, 4.69) is 9.71 Å². The molecule has 1 aromatic heterocycles. The van der Waals surface area contributed by atoms with Crippen molar-refractivity contribution in [3.8, 4) is 0 Å². The summed E-state index contributed by atoms with van der Waals surface area (Å²) in [5.41, 5.74) is 5.66. The Labute approximate surface area is 101 Å². The molecule has 0 atom stereocenters. The highest BCUT2D eigenvalue weighted by molar-refractivity contribution is 7.89. The molecular formula is C11H17N3O2S. The SMILES string of the molecule is NCC1(CNS(=O)(=O)c2cccnc2)CCC1. The van der Waals surface area contributed by atoms with Crippen molar-refractivity contribution in [2.24, 2.45) is 11.1 Å². The summed E-state index contributed by atoms with van der Waals surface area (Å²) in [5.74, 6) is 0. The minimum atomic E-state index is -3.45. The van der Waals surface area contributed by atoms with Gasteiger partial charge in [-0.05, 0) is 36.9 Å². The molecule has 1 heterocycles. The summed E-state index contributed by atoms with van der Waals surface area (Å²) in [4.78, 5) is 4.01. The topological polar surface area (TPSA) is 85.1 Å². The lowest BCUT2D eigenvalue weighted by molar-refractivity contribution is 0.150. The Morgan fingerprint density at radius 3 is 2.71 bits per heavy atom. The highest BCUT2D eigenvalue weighted by Gasteiger charge is 2.36. The lowest BCUT2D eigenvalue weighted by Crippen LogP contribution is -2.46. The number of nitrogens with two attached hydrogens (primary N) is 1. The van der Waals surface area contributed by atoms with Gasteiger partial charge < -0.3 is 5.73 Å². The zero-order valence-corrected chi connectivity index (χ0v) is 10.4. The molecule has 1 aliphatic rings. The largest absolute Gasteiger partial charge is 0.330 e. The number of nitrogens with zero attached hydrogens (tertiary/aromatic N) is 1. The Balaban J connectivity index is 2.04. The first-order valence-corrected chi connectivity index (χ1v) is 7.16. The van der Waals surface area contributed by atoms with Crippen LogP contribution in [0, 0.1) is 5.41 Å². The fraction of sp³-hybridized carbons (Fsp3) is 0.545. The Hall–Kier alpha value is -0.980. The summed E-state index contributed by atoms with van der Waals surface area (Å²) < 4.78 is 26.5. The first-order valence-electron chi connectivity index (χ1n) is 5.68. The van der Waals surface area contributed by atoms with E-state index >= 15 is 0 Å². The van der Waals surface area contributed by atoms with Gasteiger partial charge in [0, 0.05) is 18.9 Å². The van der Waals surface area contributed by atoms with Crippen LogP contribution in [0.3, 0.4) is 0 Å². The monoisotopic (exact) mass is 255 g/mol. The van der Waals surface area contributed by atoms with E-state index in [1.807, 2.05) is 0 Å². The van der Waals surface area contributed by atoms with Gasteiger partial charge in [0.25, 0.3) is 0 Å². The van der Waals surface area contributed by atoms with Crippen LogP contribution in [0.1, 0.15) is 19.3 Å². The molecule has 6 heteroatoms. The third-order valence-corrected chi connectivity index (χ3v) is 4.82. The van der Waals surface area contributed by atoms with Crippen LogP contribution in [0.4, 0.5) is 0 Å². The molecule has 17 heavy (non-hydrogen) atoms. The highest BCUT2D eigenvalue weighted by atomic mass is 32.2. The van der Waals surface area contributed by atoms with Gasteiger partial charge in [0.1, 0.15) is 4.90 Å². The number of hydrogen-bond donors (Lipinski definition) is 2. The number of hydrogen-bond acceptors (Lipinski definition) is 4. The molecular weight excluding hydrogens is 238 g/mol. The van der Waals surface area contributed by atoms with Crippen molar-refractivity contribution in [3.63, 3.8) is 0 Å². The van der Waals surface area contributed by atoms with Gasteiger partial charge in [-0.1, -0.05) is 6.42 Å². The Bertz CT molecular complexity index is 463. The second-order valence-corrected chi connectivity index (χ2v) is 6.34. The van der Waals surface area contributed by atoms with Crippen molar-refractivity contribution in [1.82, 2.24) is 9.71 Å². The molecule has 2 rings (SSSR count). The summed E-state index contributed by atoms with van der Waals surface area (Å²) in [5, 5.41) is 0. The average Bonchev–Trinajstić information content (AvgIpc) is 2.29. The van der Waals surface area contributed by atoms with E-state index in [0.717, 1.165) is 19.3 Å². The fourth-order valence-corrected chi connectivity index (χ4v) is 3.09. The van der Waals surface area contributed by atoms with Crippen LogP contribution in [0.15, 0.2) is 29.4 Å². The summed E-state index contributed by atoms with van der Waals surface area (Å²) in [6.45, 7) is 0.948. The van der Waals surface area contributed by atoms with Crippen molar-refractivity contribution in [2.75, 3.05) is 13.1 Å². The predicted molar refractivity (Wildman–Crippen MR) is 64.8 cm³/mol. The van der Waals surface area contributed by atoms with E-state index in [9.17, 15) is 8.42 Å². The molecule has 0 aliphatic heterocycles. The maximum absolute atomic E-state index is 11.9. The third-order valence-electron chi connectivity index (χ3n) is 3.43. The van der Waals surface area contributed by atoms with Crippen LogP contribution in [-0.2, 0) is 10.0 Å². The summed E-state index contributed by atoms with van der Waals surface area (Å²) in [6, 6.07) is 3.14. The quantitative estimate of drug-likeness (QED) is 0.802. The van der Waals surface area contributed by atoms with E-state index in [1.165, 1.54) is 12.3 Å². The number of pyridine rings is 1. The lowest BCUT2D eigenvalue weighted by Gasteiger charge is -2.40. The summed E-state index contributed by atoms with van der Waals surface area (Å²) >= 11 is 0. The maximum Gasteiger partial charge on any atom is 0.242 e. The molecule has 0 unspecified atom stereocenters. The van der Waals surface area contributed by atoms with Crippen LogP contribution in [0.5, 0.6) is 0 Å². The first kappa shape index (κ1) is 12.5. The molecule has 0 spiro atoms. The molecule has 0 aromatic carbocycles. The molecule has 1 fully saturated rings. The van der Waals surface area contributed by atoms with Gasteiger partial charge in [0.05, 0.1) is 0 Å². The Morgan fingerprint density at radius 1 is 1.47 bits per heavy atom. The van der Waals surface area contributed by atoms with Gasteiger partial charge >= 0.3 is 0 Å². The molecule has 0 radical (unpaired) electrons. The first-order chi connectivity index (χ1) is 8.08. The smallest absolute Gasteiger partial charge is 0.242 e. The van der Waals surface area contributed by atoms with Gasteiger partial charge in [-0.3, -0.25) is 4.98 Å². The second-order valence-electron chi connectivity index (χ2n) is 4.57. The number of rotatable bonds is 5. The van der Waals surface area contributed by atoms with Crippen LogP contribution in [0.2, 0.25) is 0 Å². The normalized spacial score (nSPS) is 18.6. The van der Waals surface area contributed by atoms with E-state index in [-0.39, 0.29) is 10.3 Å². The molecule has 1 aliphatic carbocycles. The summed E-state index contributed by atoms with van der Waals surface area (Å²) in [7, 11) is -3.45. The standard InChI is InChI=1S/C11H17N3O2S/c12-8-11(4-2-5-11)9-14-17(15,16)10-3-1-6-13-7-10/h1,3,6-7,14H,2,4-5,8-9,12H2. The van der Waals surface area contributed by atoms with E-state index in [4.69, 9.17) is 5.73 Å². The molecule has 1 saturated carbocycles. The molecule has 3 N–H and O–H groups in total. The maximum atomic E-state index is 11.9. The van der Waals surface area contributed by atoms with Crippen molar-refractivity contribution in [3.05, 3.63) is 24.5 Å². The van der Waals surface area contributed by atoms with Crippen LogP contribution < -0.4 is 10.5 Å². The zero-order valence-electron chi connectivity index (χ0n) is 9.59. The minimum Gasteiger partial charge on any atom is -0.330 e. The van der Waals surface area contributed by atoms with Crippen LogP contribution in [-0.4, -0.2) is 26.5 Å². The second kappa shape index (κ2) is 4.72. The molecule has 0 saturated heterocycles. The van der Waals surface area contributed by atoms with Crippen molar-refractivity contribution >= 4 is 10.0 Å². The number of nitrogens with one attached hydrogen (secondary N) is 1. The lowest BCUT2D eigenvalue weighted by atomic mass is 9.69. The fourth-order valence-electron chi connectivity index (χ4n) is 1.97. The van der Waals surface area contributed by atoms with Crippen LogP contribution >= 0.6 is 0 Å². The third kappa shape index (κ3) is 2.65. The number of sulfonamides is 1. The van der Waals surface area contributed by atoms with Gasteiger partial charge in [0.15, 0.2) is 0 Å². The Kier molecular flexibility index (Phi) is 3.46. The van der Waals surface area contributed by atoms with Gasteiger partial charge in [0.2, 0.25) is 10.0 Å². The highest BCUT2D eigenvalue weighted by Crippen LogP contribution is 2.39. The van der Waals surface area contributed by atoms with Crippen molar-refractivity contribution < 1.29 is 8.42 Å². The molecule has 5 nitrogen and oxygen atoms in total. The van der Waals surface area contributed by atoms with E-state index in [0.29, 0.717) is 13.1 Å². The predicted octanol–water partition coefficient (Wildman–Crippen LogP) is 0.489.